The molecule has 3 nitrogen and oxygen atoms in total. The van der Waals surface area contributed by atoms with Crippen molar-refractivity contribution in [3.8, 4) is 11.3 Å². The van der Waals surface area contributed by atoms with E-state index in [4.69, 9.17) is 34.8 Å². The van der Waals surface area contributed by atoms with Gasteiger partial charge in [-0.15, -0.1) is 11.3 Å². The Balaban J connectivity index is 1.84. The number of nitrogens with one attached hydrogen (secondary N) is 1. The Morgan fingerprint density at radius 1 is 1.04 bits per heavy atom. The molecule has 0 radical (unpaired) electrons. The van der Waals surface area contributed by atoms with Crippen molar-refractivity contribution in [2.45, 2.75) is 0 Å². The summed E-state index contributed by atoms with van der Waals surface area (Å²) < 4.78 is 0.986. The lowest BCUT2D eigenvalue weighted by molar-refractivity contribution is 0.102. The fourth-order valence-corrected chi connectivity index (χ4v) is 3.66. The van der Waals surface area contributed by atoms with Crippen LogP contribution in [0.5, 0.6) is 0 Å². The molecule has 1 amide bonds. The molecule has 0 saturated carbocycles. The third-order valence-corrected chi connectivity index (χ3v) is 5.54. The minimum Gasteiger partial charge on any atom is -0.298 e. The average Bonchev–Trinajstić information content (AvgIpc) is 3.00. The van der Waals surface area contributed by atoms with Gasteiger partial charge in [0.2, 0.25) is 0 Å². The molecule has 0 aliphatic heterocycles. The second-order valence-corrected chi connectivity index (χ2v) is 7.68. The molecule has 0 bridgehead atoms. The molecule has 2 aromatic carbocycles. The van der Waals surface area contributed by atoms with Crippen molar-refractivity contribution < 1.29 is 4.79 Å². The number of halogens is 4. The van der Waals surface area contributed by atoms with E-state index < -0.39 is 5.91 Å². The van der Waals surface area contributed by atoms with E-state index in [1.165, 1.54) is 23.5 Å². The molecule has 122 valence electrons. The van der Waals surface area contributed by atoms with Gasteiger partial charge in [0.05, 0.1) is 26.3 Å². The van der Waals surface area contributed by atoms with Crippen LogP contribution in [0.25, 0.3) is 11.3 Å². The van der Waals surface area contributed by atoms with Gasteiger partial charge in [0.15, 0.2) is 5.13 Å². The number of thiazole rings is 1. The summed E-state index contributed by atoms with van der Waals surface area (Å²) in [7, 11) is 0. The fourth-order valence-electron chi connectivity index (χ4n) is 1.98. The van der Waals surface area contributed by atoms with Gasteiger partial charge in [-0.1, -0.05) is 62.9 Å². The molecule has 8 heteroatoms. The third kappa shape index (κ3) is 3.76. The van der Waals surface area contributed by atoms with E-state index in [9.17, 15) is 4.79 Å². The summed E-state index contributed by atoms with van der Waals surface area (Å²) in [5.41, 5.74) is 1.85. The summed E-state index contributed by atoms with van der Waals surface area (Å²) in [5, 5.41) is 5.62. The molecule has 1 heterocycles. The zero-order valence-corrected chi connectivity index (χ0v) is 16.5. The average molecular weight is 463 g/mol. The Bertz CT molecular complexity index is 912. The van der Waals surface area contributed by atoms with Crippen molar-refractivity contribution >= 4 is 73.1 Å². The van der Waals surface area contributed by atoms with Crippen LogP contribution < -0.4 is 5.32 Å². The van der Waals surface area contributed by atoms with Gasteiger partial charge in [0, 0.05) is 15.4 Å². The smallest absolute Gasteiger partial charge is 0.260 e. The van der Waals surface area contributed by atoms with E-state index in [2.05, 4.69) is 26.2 Å². The highest BCUT2D eigenvalue weighted by atomic mass is 79.9. The van der Waals surface area contributed by atoms with E-state index in [0.717, 1.165) is 15.7 Å². The molecule has 24 heavy (non-hydrogen) atoms. The number of carbonyl (C=O) groups excluding carboxylic acids is 1. The quantitative estimate of drug-likeness (QED) is 0.436. The molecule has 0 aliphatic carbocycles. The summed E-state index contributed by atoms with van der Waals surface area (Å²) in [6.45, 7) is 0. The maximum atomic E-state index is 12.4. The third-order valence-electron chi connectivity index (χ3n) is 3.14. The van der Waals surface area contributed by atoms with Gasteiger partial charge >= 0.3 is 0 Å². The maximum Gasteiger partial charge on any atom is 0.260 e. The summed E-state index contributed by atoms with van der Waals surface area (Å²) in [4.78, 5) is 16.8. The van der Waals surface area contributed by atoms with Gasteiger partial charge in [-0.2, -0.15) is 0 Å². The topological polar surface area (TPSA) is 42.0 Å². The van der Waals surface area contributed by atoms with Crippen LogP contribution in [0.3, 0.4) is 0 Å². The normalized spacial score (nSPS) is 10.7. The van der Waals surface area contributed by atoms with Gasteiger partial charge in [-0.3, -0.25) is 10.1 Å². The number of amides is 1. The summed E-state index contributed by atoms with van der Waals surface area (Å²) >= 11 is 22.8. The van der Waals surface area contributed by atoms with E-state index in [0.29, 0.717) is 5.13 Å². The molecule has 0 atom stereocenters. The molecular weight excluding hydrogens is 455 g/mol. The van der Waals surface area contributed by atoms with E-state index in [1.54, 1.807) is 0 Å². The zero-order chi connectivity index (χ0) is 17.3. The number of nitrogens with zero attached hydrogens (tertiary/aromatic N) is 1. The first kappa shape index (κ1) is 17.7. The van der Waals surface area contributed by atoms with Crippen LogP contribution in [0.1, 0.15) is 10.4 Å². The van der Waals surface area contributed by atoms with Crippen molar-refractivity contribution in [3.63, 3.8) is 0 Å². The lowest BCUT2D eigenvalue weighted by atomic mass is 10.2. The number of carbonyl (C=O) groups is 1. The van der Waals surface area contributed by atoms with Crippen molar-refractivity contribution in [3.05, 3.63) is 66.9 Å². The van der Waals surface area contributed by atoms with E-state index in [1.807, 2.05) is 29.6 Å². The summed E-state index contributed by atoms with van der Waals surface area (Å²) in [5.74, 6) is -0.454. The number of benzene rings is 2. The van der Waals surface area contributed by atoms with Crippen molar-refractivity contribution in [1.29, 1.82) is 0 Å². The van der Waals surface area contributed by atoms with Gasteiger partial charge in [-0.05, 0) is 24.3 Å². The molecule has 0 fully saturated rings. The zero-order valence-electron chi connectivity index (χ0n) is 11.8. The molecule has 1 N–H and O–H groups in total. The Morgan fingerprint density at radius 2 is 1.71 bits per heavy atom. The predicted octanol–water partition coefficient (Wildman–Crippen LogP) is 6.79. The number of anilines is 1. The maximum absolute atomic E-state index is 12.4. The van der Waals surface area contributed by atoms with Crippen molar-refractivity contribution in [1.82, 2.24) is 4.98 Å². The van der Waals surface area contributed by atoms with Crippen LogP contribution in [0.2, 0.25) is 15.1 Å². The molecule has 0 saturated heterocycles. The summed E-state index contributed by atoms with van der Waals surface area (Å²) in [6.07, 6.45) is 0. The van der Waals surface area contributed by atoms with Crippen LogP contribution in [0, 0.1) is 0 Å². The highest BCUT2D eigenvalue weighted by Crippen LogP contribution is 2.33. The Morgan fingerprint density at radius 3 is 2.42 bits per heavy atom. The Hall–Kier alpha value is -1.11. The van der Waals surface area contributed by atoms with Gasteiger partial charge in [0.1, 0.15) is 0 Å². The number of rotatable bonds is 3. The largest absolute Gasteiger partial charge is 0.298 e. The van der Waals surface area contributed by atoms with Crippen LogP contribution in [-0.4, -0.2) is 10.9 Å². The van der Waals surface area contributed by atoms with Gasteiger partial charge in [-0.25, -0.2) is 4.98 Å². The van der Waals surface area contributed by atoms with Crippen LogP contribution >= 0.6 is 62.1 Å². The standard InChI is InChI=1S/C16H8BrCl3N2OS/c17-9-3-1-8(2-4-9)12-7-24-16(21-12)22-15(23)13-10(18)5-6-11(19)14(13)20/h1-7H,(H,21,22,23). The molecule has 1 aromatic heterocycles. The van der Waals surface area contributed by atoms with Gasteiger partial charge < -0.3 is 0 Å². The predicted molar refractivity (Wildman–Crippen MR) is 105 cm³/mol. The highest BCUT2D eigenvalue weighted by Gasteiger charge is 2.18. The first-order chi connectivity index (χ1) is 11.5. The second-order valence-electron chi connectivity index (χ2n) is 4.72. The Kier molecular flexibility index (Phi) is 5.47. The molecule has 0 unspecified atom stereocenters. The number of aromatic nitrogens is 1. The number of hydrogen-bond donors (Lipinski definition) is 1. The van der Waals surface area contributed by atoms with Crippen LogP contribution in [0.15, 0.2) is 46.3 Å². The van der Waals surface area contributed by atoms with Crippen molar-refractivity contribution in [2.24, 2.45) is 0 Å². The molecule has 0 spiro atoms. The first-order valence-electron chi connectivity index (χ1n) is 6.62. The van der Waals surface area contributed by atoms with Crippen LogP contribution in [-0.2, 0) is 0 Å². The SMILES string of the molecule is O=C(Nc1nc(-c2ccc(Br)cc2)cs1)c1c(Cl)ccc(Cl)c1Cl. The lowest BCUT2D eigenvalue weighted by Crippen LogP contribution is -2.13. The second kappa shape index (κ2) is 7.42. The monoisotopic (exact) mass is 460 g/mol. The molecule has 0 aliphatic rings. The summed E-state index contributed by atoms with van der Waals surface area (Å²) in [6, 6.07) is 10.8. The van der Waals surface area contributed by atoms with E-state index in [-0.39, 0.29) is 20.6 Å². The lowest BCUT2D eigenvalue weighted by Gasteiger charge is -2.07. The first-order valence-corrected chi connectivity index (χ1v) is 9.42. The fraction of sp³-hybridized carbons (Fsp3) is 0. The van der Waals surface area contributed by atoms with E-state index >= 15 is 0 Å². The number of hydrogen-bond acceptors (Lipinski definition) is 3. The highest BCUT2D eigenvalue weighted by molar-refractivity contribution is 9.10. The van der Waals surface area contributed by atoms with Crippen molar-refractivity contribution in [2.75, 3.05) is 5.32 Å². The minimum absolute atomic E-state index is 0.117. The molecular formula is C16H8BrCl3N2OS. The van der Waals surface area contributed by atoms with Crippen LogP contribution in [0.4, 0.5) is 5.13 Å². The molecule has 3 rings (SSSR count). The molecule has 3 aromatic rings. The van der Waals surface area contributed by atoms with Gasteiger partial charge in [0.25, 0.3) is 5.91 Å². The minimum atomic E-state index is -0.454. The Labute approximate surface area is 165 Å².